The SMILES string of the molecule is CC(CO)(CO)NC(=O)c1cnc(-c2cccs2)s1. The molecule has 0 aliphatic rings. The predicted octanol–water partition coefficient (Wildman–Crippen LogP) is 1.34. The van der Waals surface area contributed by atoms with Gasteiger partial charge in [-0.3, -0.25) is 4.79 Å². The summed E-state index contributed by atoms with van der Waals surface area (Å²) in [5.74, 6) is -0.342. The monoisotopic (exact) mass is 298 g/mol. The molecule has 7 heteroatoms. The van der Waals surface area contributed by atoms with E-state index in [1.807, 2.05) is 17.5 Å². The van der Waals surface area contributed by atoms with Crippen LogP contribution in [-0.4, -0.2) is 39.9 Å². The average molecular weight is 298 g/mol. The van der Waals surface area contributed by atoms with Crippen LogP contribution in [0.3, 0.4) is 0 Å². The molecule has 2 aromatic heterocycles. The van der Waals surface area contributed by atoms with Crippen molar-refractivity contribution in [3.63, 3.8) is 0 Å². The molecule has 0 spiro atoms. The number of carbonyl (C=O) groups excluding carboxylic acids is 1. The fourth-order valence-corrected chi connectivity index (χ4v) is 2.97. The molecule has 0 saturated heterocycles. The third-order valence-corrected chi connectivity index (χ3v) is 4.61. The zero-order valence-corrected chi connectivity index (χ0v) is 11.9. The number of aliphatic hydroxyl groups excluding tert-OH is 2. The predicted molar refractivity (Wildman–Crippen MR) is 75.5 cm³/mol. The molecule has 0 bridgehead atoms. The van der Waals surface area contributed by atoms with E-state index in [4.69, 9.17) is 10.2 Å². The maximum Gasteiger partial charge on any atom is 0.263 e. The molecular formula is C12H14N2O3S2. The van der Waals surface area contributed by atoms with Crippen molar-refractivity contribution < 1.29 is 15.0 Å². The first-order valence-electron chi connectivity index (χ1n) is 5.62. The Kier molecular flexibility index (Phi) is 4.31. The van der Waals surface area contributed by atoms with E-state index >= 15 is 0 Å². The van der Waals surface area contributed by atoms with E-state index in [1.165, 1.54) is 17.5 Å². The van der Waals surface area contributed by atoms with Gasteiger partial charge < -0.3 is 15.5 Å². The molecule has 5 nitrogen and oxygen atoms in total. The van der Waals surface area contributed by atoms with Crippen LogP contribution in [0.4, 0.5) is 0 Å². The first kappa shape index (κ1) is 14.1. The van der Waals surface area contributed by atoms with E-state index in [0.29, 0.717) is 4.88 Å². The molecule has 0 radical (unpaired) electrons. The van der Waals surface area contributed by atoms with Crippen molar-refractivity contribution in [1.82, 2.24) is 10.3 Å². The number of carbonyl (C=O) groups is 1. The number of hydrogen-bond donors (Lipinski definition) is 3. The average Bonchev–Trinajstić information content (AvgIpc) is 3.08. The van der Waals surface area contributed by atoms with Crippen LogP contribution in [0.15, 0.2) is 23.7 Å². The zero-order chi connectivity index (χ0) is 13.9. The Morgan fingerprint density at radius 1 is 1.47 bits per heavy atom. The Hall–Kier alpha value is -1.28. The standard InChI is InChI=1S/C12H14N2O3S2/c1-12(6-15,7-16)14-10(17)9-5-13-11(19-9)8-3-2-4-18-8/h2-5,15-16H,6-7H2,1H3,(H,14,17). The number of nitrogens with zero attached hydrogens (tertiary/aromatic N) is 1. The van der Waals surface area contributed by atoms with Crippen molar-refractivity contribution in [1.29, 1.82) is 0 Å². The lowest BCUT2D eigenvalue weighted by Crippen LogP contribution is -2.51. The van der Waals surface area contributed by atoms with E-state index in [9.17, 15) is 4.79 Å². The van der Waals surface area contributed by atoms with Gasteiger partial charge in [0.05, 0.1) is 29.8 Å². The molecule has 0 unspecified atom stereocenters. The molecule has 2 heterocycles. The normalized spacial score (nSPS) is 11.5. The third kappa shape index (κ3) is 3.19. The summed E-state index contributed by atoms with van der Waals surface area (Å²) in [4.78, 5) is 17.7. The molecule has 0 fully saturated rings. The Morgan fingerprint density at radius 2 is 2.21 bits per heavy atom. The van der Waals surface area contributed by atoms with E-state index in [2.05, 4.69) is 10.3 Å². The lowest BCUT2D eigenvalue weighted by atomic mass is 10.1. The van der Waals surface area contributed by atoms with E-state index < -0.39 is 5.54 Å². The van der Waals surface area contributed by atoms with Gasteiger partial charge >= 0.3 is 0 Å². The maximum atomic E-state index is 12.0. The van der Waals surface area contributed by atoms with Crippen LogP contribution < -0.4 is 5.32 Å². The highest BCUT2D eigenvalue weighted by atomic mass is 32.1. The highest BCUT2D eigenvalue weighted by molar-refractivity contribution is 7.21. The van der Waals surface area contributed by atoms with Crippen molar-refractivity contribution in [2.24, 2.45) is 0 Å². The molecule has 0 aliphatic heterocycles. The Morgan fingerprint density at radius 3 is 2.79 bits per heavy atom. The second kappa shape index (κ2) is 5.79. The highest BCUT2D eigenvalue weighted by Crippen LogP contribution is 2.28. The second-order valence-corrected chi connectivity index (χ2v) is 6.32. The first-order valence-corrected chi connectivity index (χ1v) is 7.31. The molecule has 0 saturated carbocycles. The van der Waals surface area contributed by atoms with Gasteiger partial charge in [-0.25, -0.2) is 4.98 Å². The molecule has 3 N–H and O–H groups in total. The third-order valence-electron chi connectivity index (χ3n) is 2.57. The van der Waals surface area contributed by atoms with Crippen molar-refractivity contribution in [2.75, 3.05) is 13.2 Å². The second-order valence-electron chi connectivity index (χ2n) is 4.34. The summed E-state index contributed by atoms with van der Waals surface area (Å²) in [5, 5.41) is 23.6. The Balaban J connectivity index is 2.13. The summed E-state index contributed by atoms with van der Waals surface area (Å²) in [6.45, 7) is 0.920. The van der Waals surface area contributed by atoms with Gasteiger partial charge in [0.25, 0.3) is 5.91 Å². The van der Waals surface area contributed by atoms with Crippen LogP contribution in [0.5, 0.6) is 0 Å². The number of aliphatic hydroxyl groups is 2. The van der Waals surface area contributed by atoms with Crippen molar-refractivity contribution >= 4 is 28.6 Å². The lowest BCUT2D eigenvalue weighted by Gasteiger charge is -2.25. The summed E-state index contributed by atoms with van der Waals surface area (Å²) < 4.78 is 0. The number of nitrogens with one attached hydrogen (secondary N) is 1. The van der Waals surface area contributed by atoms with E-state index in [-0.39, 0.29) is 19.1 Å². The Bertz CT molecular complexity index is 547. The van der Waals surface area contributed by atoms with Crippen LogP contribution in [0.2, 0.25) is 0 Å². The van der Waals surface area contributed by atoms with Gasteiger partial charge in [0.2, 0.25) is 0 Å². The minimum atomic E-state index is -1.02. The zero-order valence-electron chi connectivity index (χ0n) is 10.3. The molecular weight excluding hydrogens is 284 g/mol. The quantitative estimate of drug-likeness (QED) is 0.778. The smallest absolute Gasteiger partial charge is 0.263 e. The molecule has 1 amide bonds. The molecule has 0 aliphatic carbocycles. The van der Waals surface area contributed by atoms with E-state index in [1.54, 1.807) is 18.3 Å². The summed E-state index contributed by atoms with van der Waals surface area (Å²) in [5.41, 5.74) is -1.02. The Labute approximate surface area is 118 Å². The van der Waals surface area contributed by atoms with Crippen LogP contribution >= 0.6 is 22.7 Å². The van der Waals surface area contributed by atoms with Crippen molar-refractivity contribution in [3.8, 4) is 9.88 Å². The van der Waals surface area contributed by atoms with Crippen LogP contribution in [0.1, 0.15) is 16.6 Å². The van der Waals surface area contributed by atoms with Crippen LogP contribution in [-0.2, 0) is 0 Å². The first-order chi connectivity index (χ1) is 9.08. The molecule has 0 aromatic carbocycles. The van der Waals surface area contributed by atoms with E-state index in [0.717, 1.165) is 9.88 Å². The summed E-state index contributed by atoms with van der Waals surface area (Å²) in [7, 11) is 0. The molecule has 2 aromatic rings. The molecule has 0 atom stereocenters. The van der Waals surface area contributed by atoms with Crippen molar-refractivity contribution in [2.45, 2.75) is 12.5 Å². The number of thiazole rings is 1. The van der Waals surface area contributed by atoms with Gasteiger partial charge in [0.1, 0.15) is 9.88 Å². The lowest BCUT2D eigenvalue weighted by molar-refractivity contribution is 0.0727. The number of amides is 1. The van der Waals surface area contributed by atoms with Gasteiger partial charge in [-0.15, -0.1) is 22.7 Å². The number of hydrogen-bond acceptors (Lipinski definition) is 6. The van der Waals surface area contributed by atoms with Crippen LogP contribution in [0, 0.1) is 0 Å². The molecule has 2 rings (SSSR count). The minimum absolute atomic E-state index is 0.328. The topological polar surface area (TPSA) is 82.5 Å². The fourth-order valence-electron chi connectivity index (χ4n) is 1.36. The van der Waals surface area contributed by atoms with Gasteiger partial charge in [0, 0.05) is 0 Å². The number of rotatable bonds is 5. The van der Waals surface area contributed by atoms with Gasteiger partial charge in [0.15, 0.2) is 0 Å². The van der Waals surface area contributed by atoms with Gasteiger partial charge in [-0.2, -0.15) is 0 Å². The minimum Gasteiger partial charge on any atom is -0.394 e. The number of thiophene rings is 1. The summed E-state index contributed by atoms with van der Waals surface area (Å²) in [6.07, 6.45) is 1.50. The fraction of sp³-hybridized carbons (Fsp3) is 0.333. The van der Waals surface area contributed by atoms with Crippen molar-refractivity contribution in [3.05, 3.63) is 28.6 Å². The maximum absolute atomic E-state index is 12.0. The highest BCUT2D eigenvalue weighted by Gasteiger charge is 2.26. The number of aromatic nitrogens is 1. The summed E-state index contributed by atoms with van der Waals surface area (Å²) >= 11 is 2.84. The molecule has 19 heavy (non-hydrogen) atoms. The summed E-state index contributed by atoms with van der Waals surface area (Å²) in [6, 6.07) is 3.87. The largest absolute Gasteiger partial charge is 0.394 e. The van der Waals surface area contributed by atoms with Gasteiger partial charge in [-0.05, 0) is 18.4 Å². The molecule has 102 valence electrons. The van der Waals surface area contributed by atoms with Crippen LogP contribution in [0.25, 0.3) is 9.88 Å². The van der Waals surface area contributed by atoms with Gasteiger partial charge in [-0.1, -0.05) is 6.07 Å².